The summed E-state index contributed by atoms with van der Waals surface area (Å²) in [4.78, 5) is 0.102. The number of fused-ring (bicyclic) bond motifs is 1. The van der Waals surface area contributed by atoms with E-state index in [0.717, 1.165) is 0 Å². The Labute approximate surface area is 212 Å². The highest BCUT2D eigenvalue weighted by molar-refractivity contribution is 7.90. The number of sulfonamides is 1. The van der Waals surface area contributed by atoms with Gasteiger partial charge in [0.15, 0.2) is 17.4 Å². The Kier molecular flexibility index (Phi) is 6.78. The first-order valence-corrected chi connectivity index (χ1v) is 13.2. The number of amidine groups is 1. The summed E-state index contributed by atoms with van der Waals surface area (Å²) in [5, 5.41) is 6.09. The number of nitrogens with zero attached hydrogens (tertiary/aromatic N) is 3. The van der Waals surface area contributed by atoms with Crippen LogP contribution in [0.5, 0.6) is 5.75 Å². The summed E-state index contributed by atoms with van der Waals surface area (Å²) in [5.74, 6) is -0.0373. The van der Waals surface area contributed by atoms with Crippen molar-refractivity contribution in [2.24, 2.45) is 15.4 Å². The fourth-order valence-corrected chi connectivity index (χ4v) is 5.09. The van der Waals surface area contributed by atoms with Gasteiger partial charge in [-0.3, -0.25) is 0 Å². The second-order valence-electron chi connectivity index (χ2n) is 10.3. The van der Waals surface area contributed by atoms with Crippen LogP contribution in [0.2, 0.25) is 0 Å². The third-order valence-corrected chi connectivity index (χ3v) is 7.88. The third kappa shape index (κ3) is 4.92. The molecule has 0 N–H and O–H groups in total. The first-order valence-electron chi connectivity index (χ1n) is 11.7. The highest BCUT2D eigenvalue weighted by Gasteiger charge is 2.52. The minimum Gasteiger partial charge on any atom is -0.494 e. The van der Waals surface area contributed by atoms with E-state index in [1.54, 1.807) is 23.2 Å². The summed E-state index contributed by atoms with van der Waals surface area (Å²) in [6, 6.07) is 9.33. The summed E-state index contributed by atoms with van der Waals surface area (Å²) < 4.78 is 61.0. The lowest BCUT2D eigenvalue weighted by Gasteiger charge is -2.32. The number of benzene rings is 2. The van der Waals surface area contributed by atoms with Gasteiger partial charge in [-0.05, 0) is 62.8 Å². The molecule has 11 heteroatoms. The van der Waals surface area contributed by atoms with Gasteiger partial charge in [-0.2, -0.15) is 13.5 Å². The molecule has 0 atom stereocenters. The van der Waals surface area contributed by atoms with Crippen LogP contribution in [-0.2, 0) is 19.3 Å². The van der Waals surface area contributed by atoms with Crippen molar-refractivity contribution in [2.45, 2.75) is 57.6 Å². The minimum atomic E-state index is -3.90. The fraction of sp³-hybridized carbons (Fsp3) is 0.440. The molecule has 0 bridgehead atoms. The lowest BCUT2D eigenvalue weighted by Crippen LogP contribution is -2.41. The van der Waals surface area contributed by atoms with Crippen LogP contribution in [0, 0.1) is 11.7 Å². The van der Waals surface area contributed by atoms with Crippen LogP contribution in [0.25, 0.3) is 0 Å². The minimum absolute atomic E-state index is 0.0903. The Balaban J connectivity index is 1.72. The van der Waals surface area contributed by atoms with Crippen molar-refractivity contribution in [1.82, 2.24) is 5.01 Å². The molecule has 1 fully saturated rings. The maximum Gasteiger partial charge on any atom is 0.494 e. The summed E-state index contributed by atoms with van der Waals surface area (Å²) in [6.45, 7) is 12.2. The first-order chi connectivity index (χ1) is 16.7. The number of rotatable bonds is 6. The molecule has 0 spiro atoms. The predicted octanol–water partition coefficient (Wildman–Crippen LogP) is 3.57. The maximum absolute atomic E-state index is 13.8. The topological polar surface area (TPSA) is 89.8 Å². The van der Waals surface area contributed by atoms with Gasteiger partial charge in [0.05, 0.1) is 24.5 Å². The van der Waals surface area contributed by atoms with Gasteiger partial charge in [-0.15, -0.1) is 4.40 Å². The number of ether oxygens (including phenoxy) is 1. The van der Waals surface area contributed by atoms with Crippen LogP contribution in [0.4, 0.5) is 4.39 Å². The van der Waals surface area contributed by atoms with Crippen molar-refractivity contribution in [2.75, 3.05) is 13.7 Å². The highest BCUT2D eigenvalue weighted by atomic mass is 32.2. The van der Waals surface area contributed by atoms with Crippen molar-refractivity contribution in [1.29, 1.82) is 0 Å². The second-order valence-corrected chi connectivity index (χ2v) is 11.9. The number of hydrogen-bond donors (Lipinski definition) is 0. The van der Waals surface area contributed by atoms with E-state index < -0.39 is 34.2 Å². The lowest BCUT2D eigenvalue weighted by molar-refractivity contribution is 0.00578. The fourth-order valence-electron chi connectivity index (χ4n) is 3.90. The molecule has 0 aliphatic carbocycles. The van der Waals surface area contributed by atoms with Crippen LogP contribution in [0.15, 0.2) is 50.8 Å². The van der Waals surface area contributed by atoms with Gasteiger partial charge in [-0.1, -0.05) is 32.0 Å². The number of hydrogen-bond acceptors (Lipinski definition) is 7. The van der Waals surface area contributed by atoms with Crippen LogP contribution in [0.3, 0.4) is 0 Å². The van der Waals surface area contributed by atoms with E-state index >= 15 is 0 Å². The SMILES string of the molecule is COc1cc(/C=N/N(CC(C)C)C2=NS(=O)(=O)c3ccc(B4OC(C)(C)C(C)(C)O4)cc32)ccc1F. The zero-order valence-corrected chi connectivity index (χ0v) is 22.4. The standard InChI is InChI=1S/C25H31BFN3O5S/c1-16(2)15-30(28-14-17-8-10-20(27)21(12-17)33-7)23-19-13-18(9-11-22(19)36(31,32)29-23)26-34-24(3,4)25(5,6)35-26/h8-14,16H,15H2,1-7H3/b28-14+. The number of halogens is 1. The number of methoxy groups -OCH3 is 1. The average molecular weight is 515 g/mol. The molecule has 0 aromatic heterocycles. The molecule has 0 radical (unpaired) electrons. The van der Waals surface area contributed by atoms with Crippen LogP contribution >= 0.6 is 0 Å². The molecule has 8 nitrogen and oxygen atoms in total. The van der Waals surface area contributed by atoms with Gasteiger partial charge in [0.25, 0.3) is 10.0 Å². The van der Waals surface area contributed by atoms with E-state index in [-0.39, 0.29) is 22.4 Å². The molecule has 2 aliphatic heterocycles. The van der Waals surface area contributed by atoms with E-state index in [9.17, 15) is 12.8 Å². The molecule has 2 aromatic carbocycles. The molecule has 192 valence electrons. The smallest absolute Gasteiger partial charge is 0.494 e. The van der Waals surface area contributed by atoms with E-state index in [2.05, 4.69) is 9.50 Å². The molecule has 4 rings (SSSR count). The quantitative estimate of drug-likeness (QED) is 0.332. The van der Waals surface area contributed by atoms with Gasteiger partial charge >= 0.3 is 7.12 Å². The van der Waals surface area contributed by atoms with Gasteiger partial charge in [-0.25, -0.2) is 9.40 Å². The summed E-state index contributed by atoms with van der Waals surface area (Å²) in [5.41, 5.74) is 0.633. The molecule has 2 aliphatic rings. The Morgan fingerprint density at radius 2 is 1.81 bits per heavy atom. The Bertz CT molecular complexity index is 1330. The zero-order chi connectivity index (χ0) is 26.5. The molecule has 36 heavy (non-hydrogen) atoms. The monoisotopic (exact) mass is 515 g/mol. The molecule has 0 unspecified atom stereocenters. The molecule has 2 heterocycles. The normalized spacial score (nSPS) is 19.6. The maximum atomic E-state index is 13.8. The number of hydrazone groups is 1. The zero-order valence-electron chi connectivity index (χ0n) is 21.6. The summed E-state index contributed by atoms with van der Waals surface area (Å²) in [6.07, 6.45) is 1.52. The molecule has 1 saturated heterocycles. The van der Waals surface area contributed by atoms with Gasteiger partial charge in [0.1, 0.15) is 4.90 Å². The van der Waals surface area contributed by atoms with Crippen molar-refractivity contribution >= 4 is 34.7 Å². The van der Waals surface area contributed by atoms with Crippen LogP contribution in [0.1, 0.15) is 52.7 Å². The van der Waals surface area contributed by atoms with Gasteiger partial charge in [0, 0.05) is 12.1 Å². The largest absolute Gasteiger partial charge is 0.494 e. The van der Waals surface area contributed by atoms with Crippen LogP contribution < -0.4 is 10.2 Å². The van der Waals surface area contributed by atoms with Crippen molar-refractivity contribution in [3.8, 4) is 5.75 Å². The Morgan fingerprint density at radius 1 is 1.14 bits per heavy atom. The average Bonchev–Trinajstić information content (AvgIpc) is 3.19. The van der Waals surface area contributed by atoms with Crippen molar-refractivity contribution in [3.63, 3.8) is 0 Å². The molecular formula is C25H31BFN3O5S. The lowest BCUT2D eigenvalue weighted by atomic mass is 9.78. The Morgan fingerprint density at radius 3 is 2.42 bits per heavy atom. The van der Waals surface area contributed by atoms with E-state index in [1.165, 1.54) is 31.5 Å². The van der Waals surface area contributed by atoms with E-state index in [0.29, 0.717) is 23.1 Å². The van der Waals surface area contributed by atoms with E-state index in [1.807, 2.05) is 41.5 Å². The van der Waals surface area contributed by atoms with Gasteiger partial charge in [0.2, 0.25) is 0 Å². The van der Waals surface area contributed by atoms with Crippen molar-refractivity contribution in [3.05, 3.63) is 53.3 Å². The first kappa shape index (κ1) is 26.3. The van der Waals surface area contributed by atoms with E-state index in [4.69, 9.17) is 14.0 Å². The summed E-state index contributed by atoms with van der Waals surface area (Å²) in [7, 11) is -3.17. The predicted molar refractivity (Wildman–Crippen MR) is 138 cm³/mol. The van der Waals surface area contributed by atoms with Crippen molar-refractivity contribution < 1.29 is 26.9 Å². The summed E-state index contributed by atoms with van der Waals surface area (Å²) >= 11 is 0. The molecule has 2 aromatic rings. The highest BCUT2D eigenvalue weighted by Crippen LogP contribution is 2.37. The molecular weight excluding hydrogens is 484 g/mol. The second kappa shape index (κ2) is 9.28. The molecule has 0 amide bonds. The Hall–Kier alpha value is -2.76. The van der Waals surface area contributed by atoms with Crippen LogP contribution in [-0.4, -0.2) is 57.5 Å². The molecule has 0 saturated carbocycles. The van der Waals surface area contributed by atoms with Gasteiger partial charge < -0.3 is 14.0 Å². The third-order valence-electron chi connectivity index (χ3n) is 6.56.